The second-order valence-electron chi connectivity index (χ2n) is 17.5. The number of carbonyl (C=O) groups is 5. The Balaban J connectivity index is 1.45. The molecule has 3 saturated heterocycles. The van der Waals surface area contributed by atoms with Crippen molar-refractivity contribution in [1.29, 1.82) is 0 Å². The van der Waals surface area contributed by atoms with Crippen LogP contribution in [0.5, 0.6) is 0 Å². The van der Waals surface area contributed by atoms with Crippen LogP contribution in [0.2, 0.25) is 0 Å². The van der Waals surface area contributed by atoms with Gasteiger partial charge >= 0.3 is 29.8 Å². The molecule has 3 aliphatic heterocycles. The summed E-state index contributed by atoms with van der Waals surface area (Å²) in [6.45, 7) is 13.1. The van der Waals surface area contributed by atoms with Gasteiger partial charge in [0, 0.05) is 68.6 Å². The Hall–Kier alpha value is -2.89. The Morgan fingerprint density at radius 3 is 1.94 bits per heavy atom. The summed E-state index contributed by atoms with van der Waals surface area (Å²) in [5.41, 5.74) is -1.68. The Labute approximate surface area is 300 Å². The molecule has 0 radical (unpaired) electrons. The van der Waals surface area contributed by atoms with E-state index in [0.29, 0.717) is 0 Å². The monoisotopic (exact) mass is 735 g/mol. The molecule has 0 aromatic rings. The van der Waals surface area contributed by atoms with E-state index in [1.165, 1.54) is 34.6 Å². The minimum atomic E-state index is -2.17. The first-order valence-corrected chi connectivity index (χ1v) is 18.1. The number of hydrogen-bond donors (Lipinski definition) is 4. The summed E-state index contributed by atoms with van der Waals surface area (Å²) in [5, 5.41) is 37.1. The second kappa shape index (κ2) is 10.4. The first-order chi connectivity index (χ1) is 24.0. The zero-order chi connectivity index (χ0) is 38.2. The van der Waals surface area contributed by atoms with Crippen LogP contribution in [0.3, 0.4) is 0 Å². The van der Waals surface area contributed by atoms with Crippen molar-refractivity contribution in [3.05, 3.63) is 0 Å². The van der Waals surface area contributed by atoms with Crippen LogP contribution in [0.4, 0.5) is 0 Å². The minimum Gasteiger partial charge on any atom is -0.462 e. The van der Waals surface area contributed by atoms with Crippen LogP contribution in [0.15, 0.2) is 0 Å². The van der Waals surface area contributed by atoms with E-state index in [1.54, 1.807) is 13.8 Å². The number of rotatable bonds is 4. The molecule has 8 aliphatic rings. The van der Waals surface area contributed by atoms with Gasteiger partial charge in [0.2, 0.25) is 5.79 Å². The Morgan fingerprint density at radius 1 is 0.808 bits per heavy atom. The van der Waals surface area contributed by atoms with Crippen LogP contribution in [0.25, 0.3) is 0 Å². The van der Waals surface area contributed by atoms with Gasteiger partial charge in [0.25, 0.3) is 0 Å². The van der Waals surface area contributed by atoms with Crippen molar-refractivity contribution in [3.63, 3.8) is 0 Å². The fourth-order valence-corrected chi connectivity index (χ4v) is 13.5. The van der Waals surface area contributed by atoms with Crippen molar-refractivity contribution in [2.45, 2.75) is 141 Å². The lowest BCUT2D eigenvalue weighted by Gasteiger charge is -2.69. The zero-order valence-corrected chi connectivity index (χ0v) is 30.7. The number of ether oxygens (including phenoxy) is 7. The molecule has 5 aliphatic carbocycles. The topological polar surface area (TPSA) is 243 Å². The number of hydrogen-bond acceptors (Lipinski definition) is 16. The van der Waals surface area contributed by atoms with E-state index in [1.807, 2.05) is 13.8 Å². The van der Waals surface area contributed by atoms with Crippen LogP contribution in [-0.2, 0) is 57.1 Å². The molecule has 3 heterocycles. The molecule has 0 bridgehead atoms. The van der Waals surface area contributed by atoms with Crippen molar-refractivity contribution in [3.8, 4) is 0 Å². The SMILES string of the molecule is CC(=O)O[C@H]1[C@@H]2[C@H]([C@H](C)[C@H]3O[C@]34OC(=O)[C@@](C)(O)[C@]24C)[C@]2(C)[C@@H]1C1C([C@H](OC(C)=O)[C@@H]2OC(C)=O)[C@@]2(C)[C@@H](O)[C@H]3O[C@H]3C[C@]2(O)[C@@H](N)[C@@H]1OC(C)=O. The molecule has 8 rings (SSSR count). The highest BCUT2D eigenvalue weighted by Gasteiger charge is 2.94. The van der Waals surface area contributed by atoms with Crippen molar-refractivity contribution >= 4 is 29.8 Å². The van der Waals surface area contributed by atoms with Crippen molar-refractivity contribution in [2.75, 3.05) is 0 Å². The lowest BCUT2D eigenvalue weighted by molar-refractivity contribution is -0.319. The molecule has 0 amide bonds. The van der Waals surface area contributed by atoms with Gasteiger partial charge in [0.1, 0.15) is 36.6 Å². The van der Waals surface area contributed by atoms with E-state index < -0.39 is 153 Å². The lowest BCUT2D eigenvalue weighted by Crippen LogP contribution is -2.82. The van der Waals surface area contributed by atoms with Crippen LogP contribution in [0, 0.1) is 51.8 Å². The maximum Gasteiger partial charge on any atom is 0.341 e. The maximum absolute atomic E-state index is 13.5. The number of aliphatic hydroxyl groups is 3. The molecule has 288 valence electrons. The normalized spacial score (nSPS) is 58.6. The molecular formula is C36H49NO15. The van der Waals surface area contributed by atoms with Gasteiger partial charge in [-0.2, -0.15) is 0 Å². The molecule has 52 heavy (non-hydrogen) atoms. The smallest absolute Gasteiger partial charge is 0.341 e. The first-order valence-electron chi connectivity index (χ1n) is 18.1. The number of fused-ring (bicyclic) bond motifs is 9. The zero-order valence-electron chi connectivity index (χ0n) is 30.7. The summed E-state index contributed by atoms with van der Waals surface area (Å²) in [4.78, 5) is 66.2. The van der Waals surface area contributed by atoms with Gasteiger partial charge in [-0.25, -0.2) is 4.79 Å². The summed E-state index contributed by atoms with van der Waals surface area (Å²) in [6.07, 6.45) is -8.64. The Kier molecular flexibility index (Phi) is 7.25. The molecule has 5 saturated carbocycles. The predicted molar refractivity (Wildman–Crippen MR) is 170 cm³/mol. The minimum absolute atomic E-state index is 0.0437. The molecule has 21 atom stereocenters. The third-order valence-corrected chi connectivity index (χ3v) is 15.5. The Bertz CT molecular complexity index is 1670. The number of epoxide rings is 2. The van der Waals surface area contributed by atoms with E-state index in [9.17, 15) is 39.3 Å². The van der Waals surface area contributed by atoms with Gasteiger partial charge in [-0.3, -0.25) is 19.2 Å². The third-order valence-electron chi connectivity index (χ3n) is 15.5. The van der Waals surface area contributed by atoms with E-state index >= 15 is 0 Å². The van der Waals surface area contributed by atoms with E-state index in [0.717, 1.165) is 0 Å². The van der Waals surface area contributed by atoms with Gasteiger partial charge in [-0.05, 0) is 25.7 Å². The van der Waals surface area contributed by atoms with Crippen molar-refractivity contribution in [2.24, 2.45) is 57.5 Å². The van der Waals surface area contributed by atoms with E-state index in [2.05, 4.69) is 0 Å². The fraction of sp³-hybridized carbons (Fsp3) is 0.861. The van der Waals surface area contributed by atoms with Crippen LogP contribution >= 0.6 is 0 Å². The van der Waals surface area contributed by atoms with Crippen LogP contribution < -0.4 is 5.73 Å². The molecular weight excluding hydrogens is 686 g/mol. The van der Waals surface area contributed by atoms with Crippen LogP contribution in [0.1, 0.15) is 68.7 Å². The summed E-state index contributed by atoms with van der Waals surface area (Å²) >= 11 is 0. The summed E-state index contributed by atoms with van der Waals surface area (Å²) < 4.78 is 42.8. The van der Waals surface area contributed by atoms with E-state index in [-0.39, 0.29) is 6.42 Å². The van der Waals surface area contributed by atoms with Crippen LogP contribution in [-0.4, -0.2) is 117 Å². The van der Waals surface area contributed by atoms with Gasteiger partial charge in [-0.1, -0.05) is 20.8 Å². The molecule has 0 aromatic carbocycles. The highest BCUT2D eigenvalue weighted by molar-refractivity contribution is 5.84. The summed E-state index contributed by atoms with van der Waals surface area (Å²) in [5.74, 6) is -10.7. The quantitative estimate of drug-likeness (QED) is 0.162. The lowest BCUT2D eigenvalue weighted by atomic mass is 9.39. The molecule has 16 heteroatoms. The predicted octanol–water partition coefficient (Wildman–Crippen LogP) is -0.503. The average Bonchev–Trinajstić information content (AvgIpc) is 3.92. The number of carbonyl (C=O) groups excluding carboxylic acids is 5. The third kappa shape index (κ3) is 3.86. The molecule has 8 fully saturated rings. The standard InChI is InChI=1S/C36H49NO15/c1-11-18-21(33(8)34(9,44)30(43)52-36(33)28(11)51-36)24(47-13(3)39)19-17-20(25(48-14(4)40)29(31(18,19)6)49-15(5)41)32(7)27(42)22-16(50-22)10-35(32,45)26(37)23(17)46-12(2)38/h11,16-29,42,44-45H,10,37H2,1-9H3/t11-,16-,17?,18-,19+,20?,21-,22-,23+,24+,25-,26-,27-,28+,29-,31+,32-,33-,34+,35-,36-/m0/s1. The van der Waals surface area contributed by atoms with Gasteiger partial charge in [-0.15, -0.1) is 0 Å². The van der Waals surface area contributed by atoms with Gasteiger partial charge in [0.05, 0.1) is 29.3 Å². The molecule has 1 spiro atoms. The Morgan fingerprint density at radius 2 is 1.37 bits per heavy atom. The fourth-order valence-electron chi connectivity index (χ4n) is 13.5. The number of aliphatic hydroxyl groups excluding tert-OH is 1. The van der Waals surface area contributed by atoms with E-state index in [4.69, 9.17) is 38.9 Å². The number of nitrogens with two attached hydrogens (primary N) is 1. The van der Waals surface area contributed by atoms with Gasteiger partial charge < -0.3 is 54.2 Å². The maximum atomic E-state index is 13.5. The molecule has 2 unspecified atom stereocenters. The second-order valence-corrected chi connectivity index (χ2v) is 17.5. The summed E-state index contributed by atoms with van der Waals surface area (Å²) in [7, 11) is 0. The molecule has 16 nitrogen and oxygen atoms in total. The first kappa shape index (κ1) is 36.1. The summed E-state index contributed by atoms with van der Waals surface area (Å²) in [6, 6.07) is -1.34. The van der Waals surface area contributed by atoms with Gasteiger partial charge in [0.15, 0.2) is 5.60 Å². The van der Waals surface area contributed by atoms with Crippen molar-refractivity contribution < 1.29 is 72.5 Å². The highest BCUT2D eigenvalue weighted by Crippen LogP contribution is 2.81. The average molecular weight is 736 g/mol. The van der Waals surface area contributed by atoms with Crippen molar-refractivity contribution in [1.82, 2.24) is 0 Å². The molecule has 5 N–H and O–H groups in total. The largest absolute Gasteiger partial charge is 0.462 e. The molecule has 0 aromatic heterocycles. The highest BCUT2D eigenvalue weighted by atomic mass is 16.8. The number of esters is 5.